The lowest BCUT2D eigenvalue weighted by molar-refractivity contribution is -0.991. The Morgan fingerprint density at radius 3 is 1.62 bits per heavy atom. The molecule has 0 spiro atoms. The summed E-state index contributed by atoms with van der Waals surface area (Å²) in [5.74, 6) is -2.06. The van der Waals surface area contributed by atoms with Crippen LogP contribution in [0.3, 0.4) is 0 Å². The highest BCUT2D eigenvalue weighted by molar-refractivity contribution is 9.10. The second-order valence-electron chi connectivity index (χ2n) is 8.34. The van der Waals surface area contributed by atoms with E-state index in [9.17, 15) is 20.0 Å². The lowest BCUT2D eigenvalue weighted by atomic mass is 9.54. The Morgan fingerprint density at radius 1 is 0.781 bits per heavy atom. The number of nitrogens with one attached hydrogen (secondary N) is 1. The minimum atomic E-state index is -1.11. The van der Waals surface area contributed by atoms with Gasteiger partial charge in [0.05, 0.1) is 26.2 Å². The van der Waals surface area contributed by atoms with E-state index in [4.69, 9.17) is 0 Å². The number of halogens is 2. The molecule has 3 aromatic rings. The van der Waals surface area contributed by atoms with Crippen molar-refractivity contribution in [2.75, 3.05) is 4.90 Å². The van der Waals surface area contributed by atoms with Crippen molar-refractivity contribution in [3.63, 3.8) is 0 Å². The Bertz CT molecular complexity index is 1200. The van der Waals surface area contributed by atoms with Crippen molar-refractivity contribution < 1.29 is 20.0 Å². The summed E-state index contributed by atoms with van der Waals surface area (Å²) in [7, 11) is 0. The van der Waals surface area contributed by atoms with Gasteiger partial charge >= 0.3 is 0 Å². The molecule has 2 amide bonds. The minimum Gasteiger partial charge on any atom is -0.595 e. The highest BCUT2D eigenvalue weighted by Crippen LogP contribution is 2.70. The lowest BCUT2D eigenvalue weighted by Gasteiger charge is -2.55. The minimum absolute atomic E-state index is 0.0228. The van der Waals surface area contributed by atoms with Crippen LogP contribution in [-0.2, 0) is 18.2 Å². The predicted molar refractivity (Wildman–Crippen MR) is 124 cm³/mol. The highest BCUT2D eigenvalue weighted by atomic mass is 79.9. The van der Waals surface area contributed by atoms with Gasteiger partial charge in [-0.25, -0.2) is 10.1 Å². The van der Waals surface area contributed by atoms with Crippen LogP contribution in [0.2, 0.25) is 0 Å². The molecule has 0 radical (unpaired) electrons. The number of alkyl halides is 2. The molecule has 1 saturated heterocycles. The van der Waals surface area contributed by atoms with E-state index in [1.54, 1.807) is 12.1 Å². The quantitative estimate of drug-likeness (QED) is 0.288. The Labute approximate surface area is 200 Å². The number of anilines is 1. The molecule has 1 heterocycles. The van der Waals surface area contributed by atoms with Gasteiger partial charge in [-0.15, -0.1) is 0 Å². The number of nitrogens with zero attached hydrogens (tertiary/aromatic N) is 1. The zero-order chi connectivity index (χ0) is 22.4. The van der Waals surface area contributed by atoms with Gasteiger partial charge in [-0.2, -0.15) is 5.23 Å². The van der Waals surface area contributed by atoms with Crippen molar-refractivity contribution >= 4 is 55.0 Å². The zero-order valence-electron chi connectivity index (χ0n) is 16.5. The first-order valence-electron chi connectivity index (χ1n) is 10.1. The summed E-state index contributed by atoms with van der Waals surface area (Å²) in [6, 6.07) is 21.7. The normalized spacial score (nSPS) is 30.7. The fraction of sp³-hybridized carbons (Fsp3) is 0.167. The zero-order valence-corrected chi connectivity index (χ0v) is 19.6. The maximum absolute atomic E-state index is 13.9. The predicted octanol–water partition coefficient (Wildman–Crippen LogP) is 3.50. The van der Waals surface area contributed by atoms with Gasteiger partial charge in [0.1, 0.15) is 0 Å². The Balaban J connectivity index is 1.62. The molecule has 3 aliphatic carbocycles. The third kappa shape index (κ3) is 2.24. The molecule has 2 bridgehead atoms. The molecule has 7 rings (SSSR count). The molecule has 1 aliphatic heterocycles. The molecule has 8 heteroatoms. The summed E-state index contributed by atoms with van der Waals surface area (Å²) < 4.78 is -1.74. The van der Waals surface area contributed by atoms with E-state index < -0.39 is 25.7 Å². The first kappa shape index (κ1) is 20.3. The molecule has 4 aliphatic rings. The third-order valence-corrected chi connectivity index (χ3v) is 9.63. The van der Waals surface area contributed by atoms with Gasteiger partial charge in [-0.1, -0.05) is 86.5 Å². The number of hydrogen-bond donors (Lipinski definition) is 2. The topological polar surface area (TPSA) is 85.1 Å². The maximum atomic E-state index is 13.9. The number of hydrogen-bond acceptors (Lipinski definition) is 4. The number of rotatable bonds is 2. The van der Waals surface area contributed by atoms with Gasteiger partial charge < -0.3 is 5.21 Å². The molecule has 6 nitrogen and oxygen atoms in total. The second-order valence-corrected chi connectivity index (χ2v) is 10.8. The Morgan fingerprint density at radius 2 is 1.22 bits per heavy atom. The highest BCUT2D eigenvalue weighted by Gasteiger charge is 2.72. The summed E-state index contributed by atoms with van der Waals surface area (Å²) in [6.45, 7) is 0. The SMILES string of the molecule is O=C1[C@@H]2[C@H](C(=O)N1c1cccc([NH+]([O-])O)c1)C1(Br)c3ccccc3C2(Br)c2ccccc21. The van der Waals surface area contributed by atoms with Crippen molar-refractivity contribution in [1.29, 1.82) is 0 Å². The van der Waals surface area contributed by atoms with Gasteiger partial charge in [0.25, 0.3) is 0 Å². The summed E-state index contributed by atoms with van der Waals surface area (Å²) in [4.78, 5) is 28.9. The average molecular weight is 556 g/mol. The number of imide groups is 1. The summed E-state index contributed by atoms with van der Waals surface area (Å²) in [5, 5.41) is 19.8. The van der Waals surface area contributed by atoms with Crippen molar-refractivity contribution in [1.82, 2.24) is 0 Å². The summed E-state index contributed by atoms with van der Waals surface area (Å²) in [5.41, 5.74) is 4.13. The van der Waals surface area contributed by atoms with E-state index in [0.717, 1.165) is 27.2 Å². The Kier molecular flexibility index (Phi) is 4.17. The van der Waals surface area contributed by atoms with Crippen LogP contribution in [0.1, 0.15) is 22.3 Å². The summed E-state index contributed by atoms with van der Waals surface area (Å²) >= 11 is 7.90. The molecular weight excluding hydrogens is 540 g/mol. The molecule has 2 N–H and O–H groups in total. The lowest BCUT2D eigenvalue weighted by Crippen LogP contribution is -2.99. The van der Waals surface area contributed by atoms with Crippen LogP contribution in [0, 0.1) is 17.0 Å². The van der Waals surface area contributed by atoms with Crippen LogP contribution in [0.15, 0.2) is 72.8 Å². The van der Waals surface area contributed by atoms with Crippen molar-refractivity contribution in [2.24, 2.45) is 11.8 Å². The van der Waals surface area contributed by atoms with Crippen LogP contribution >= 0.6 is 31.9 Å². The van der Waals surface area contributed by atoms with Crippen LogP contribution in [0.5, 0.6) is 0 Å². The largest absolute Gasteiger partial charge is 0.595 e. The fourth-order valence-electron chi connectivity index (χ4n) is 5.70. The molecular formula is C24H16Br2N2O4. The number of benzene rings is 3. The first-order chi connectivity index (χ1) is 15.3. The van der Waals surface area contributed by atoms with Crippen LogP contribution in [-0.4, -0.2) is 17.0 Å². The van der Waals surface area contributed by atoms with E-state index >= 15 is 0 Å². The monoisotopic (exact) mass is 554 g/mol. The maximum Gasteiger partial charge on any atom is 0.239 e. The van der Waals surface area contributed by atoms with E-state index in [2.05, 4.69) is 31.9 Å². The number of amides is 2. The van der Waals surface area contributed by atoms with Crippen LogP contribution in [0.4, 0.5) is 11.4 Å². The molecule has 0 aromatic heterocycles. The van der Waals surface area contributed by atoms with Crippen molar-refractivity contribution in [2.45, 2.75) is 8.65 Å². The van der Waals surface area contributed by atoms with Gasteiger partial charge in [0.2, 0.25) is 11.8 Å². The van der Waals surface area contributed by atoms with E-state index in [1.165, 1.54) is 12.1 Å². The smallest absolute Gasteiger partial charge is 0.239 e. The molecule has 32 heavy (non-hydrogen) atoms. The molecule has 1 fully saturated rings. The second kappa shape index (κ2) is 6.59. The molecule has 3 atom stereocenters. The molecule has 3 aromatic carbocycles. The molecule has 160 valence electrons. The fourth-order valence-corrected chi connectivity index (χ4v) is 8.00. The number of carbonyl (C=O) groups excluding carboxylic acids is 2. The van der Waals surface area contributed by atoms with Crippen molar-refractivity contribution in [3.05, 3.63) is 100 Å². The van der Waals surface area contributed by atoms with Gasteiger partial charge in [-0.3, -0.25) is 9.59 Å². The standard InChI is InChI=1S/C24H16Br2N2O4/c25-23-15-8-1-2-9-16(15)24(26,18-11-4-3-10-17(18)23)20-19(23)21(29)27(22(20)30)13-6-5-7-14(12-13)28(31)32/h1-12,19-20,28,31H/t19-,20+,23?,24?. The number of quaternary nitrogens is 1. The van der Waals surface area contributed by atoms with E-state index in [0.29, 0.717) is 0 Å². The molecule has 1 unspecified atom stereocenters. The van der Waals surface area contributed by atoms with Gasteiger partial charge in [-0.05, 0) is 28.3 Å². The van der Waals surface area contributed by atoms with Crippen LogP contribution in [0.25, 0.3) is 0 Å². The van der Waals surface area contributed by atoms with Crippen molar-refractivity contribution in [3.8, 4) is 0 Å². The molecule has 0 saturated carbocycles. The van der Waals surface area contributed by atoms with E-state index in [1.807, 2.05) is 48.5 Å². The number of carbonyl (C=O) groups is 2. The third-order valence-electron chi connectivity index (χ3n) is 6.94. The van der Waals surface area contributed by atoms with Gasteiger partial charge in [0, 0.05) is 12.1 Å². The average Bonchev–Trinajstić information content (AvgIpc) is 3.08. The first-order valence-corrected chi connectivity index (χ1v) is 11.7. The Hall–Kier alpha value is -2.36. The van der Waals surface area contributed by atoms with Gasteiger partial charge in [0.15, 0.2) is 5.69 Å². The van der Waals surface area contributed by atoms with Crippen LogP contribution < -0.4 is 10.1 Å². The summed E-state index contributed by atoms with van der Waals surface area (Å²) in [6.07, 6.45) is 0. The van der Waals surface area contributed by atoms with E-state index in [-0.39, 0.29) is 23.2 Å².